The number of ether oxygens (including phenoxy) is 2. The molecule has 1 aromatic heterocycles. The zero-order chi connectivity index (χ0) is 31.4. The zero-order valence-corrected chi connectivity index (χ0v) is 25.6. The molecule has 44 heavy (non-hydrogen) atoms. The van der Waals surface area contributed by atoms with Gasteiger partial charge in [0.25, 0.3) is 17.4 Å². The number of rotatable bonds is 8. The quantitative estimate of drug-likeness (QED) is 0.291. The van der Waals surface area contributed by atoms with E-state index in [1.165, 1.54) is 4.57 Å². The van der Waals surface area contributed by atoms with Gasteiger partial charge >= 0.3 is 0 Å². The van der Waals surface area contributed by atoms with E-state index in [9.17, 15) is 14.4 Å². The number of aryl methyl sites for hydroxylation is 1. The van der Waals surface area contributed by atoms with Gasteiger partial charge in [-0.1, -0.05) is 24.3 Å². The number of benzene rings is 3. The second-order valence-electron chi connectivity index (χ2n) is 11.2. The molecule has 10 heteroatoms. The lowest BCUT2D eigenvalue weighted by atomic mass is 9.97. The maximum Gasteiger partial charge on any atom is 0.293 e. The molecule has 4 aromatic rings. The molecule has 0 aliphatic carbocycles. The Labute approximate surface area is 256 Å². The number of hydrogen-bond donors (Lipinski definition) is 2. The Balaban J connectivity index is 1.35. The molecule has 0 unspecified atom stereocenters. The molecule has 228 valence electrons. The number of aromatic nitrogens is 2. The number of anilines is 3. The fraction of sp³-hybridized carbons (Fsp3) is 0.294. The Morgan fingerprint density at radius 3 is 2.27 bits per heavy atom. The van der Waals surface area contributed by atoms with Crippen molar-refractivity contribution in [2.24, 2.45) is 7.05 Å². The van der Waals surface area contributed by atoms with Gasteiger partial charge < -0.3 is 29.6 Å². The van der Waals surface area contributed by atoms with Gasteiger partial charge in [0.1, 0.15) is 0 Å². The largest absolute Gasteiger partial charge is 0.378 e. The first-order chi connectivity index (χ1) is 21.1. The number of amides is 2. The third-order valence-corrected chi connectivity index (χ3v) is 7.97. The lowest BCUT2D eigenvalue weighted by molar-refractivity contribution is 0.0192. The van der Waals surface area contributed by atoms with Gasteiger partial charge in [0.15, 0.2) is 5.82 Å². The van der Waals surface area contributed by atoms with Crippen molar-refractivity contribution in [3.8, 4) is 11.3 Å². The van der Waals surface area contributed by atoms with Crippen molar-refractivity contribution in [3.05, 3.63) is 106 Å². The molecule has 10 nitrogen and oxygen atoms in total. The smallest absolute Gasteiger partial charge is 0.293 e. The van der Waals surface area contributed by atoms with E-state index in [1.54, 1.807) is 61.7 Å². The van der Waals surface area contributed by atoms with Crippen LogP contribution in [0.3, 0.4) is 0 Å². The third-order valence-electron chi connectivity index (χ3n) is 7.97. The van der Waals surface area contributed by atoms with Crippen molar-refractivity contribution in [2.75, 3.05) is 44.0 Å². The van der Waals surface area contributed by atoms with E-state index >= 15 is 0 Å². The van der Waals surface area contributed by atoms with E-state index in [4.69, 9.17) is 9.47 Å². The number of morpholine rings is 1. The van der Waals surface area contributed by atoms with E-state index in [1.807, 2.05) is 51.1 Å². The minimum Gasteiger partial charge on any atom is -0.378 e. The third kappa shape index (κ3) is 6.56. The number of methoxy groups -OCH3 is 1. The first kappa shape index (κ1) is 30.7. The Morgan fingerprint density at radius 2 is 1.61 bits per heavy atom. The van der Waals surface area contributed by atoms with Crippen LogP contribution in [-0.2, 0) is 22.1 Å². The van der Waals surface area contributed by atoms with Crippen molar-refractivity contribution in [1.82, 2.24) is 14.5 Å². The second kappa shape index (κ2) is 12.8. The molecule has 0 radical (unpaired) electrons. The molecule has 2 heterocycles. The van der Waals surface area contributed by atoms with E-state index in [0.29, 0.717) is 54.5 Å². The number of nitrogens with zero attached hydrogens (tertiary/aromatic N) is 3. The number of carbonyl (C=O) groups excluding carboxylic acids is 2. The molecule has 5 rings (SSSR count). The first-order valence-electron chi connectivity index (χ1n) is 14.5. The minimum absolute atomic E-state index is 0.0506. The highest BCUT2D eigenvalue weighted by Gasteiger charge is 2.21. The van der Waals surface area contributed by atoms with Crippen LogP contribution in [-0.4, -0.2) is 59.7 Å². The average molecular weight is 596 g/mol. The average Bonchev–Trinajstić information content (AvgIpc) is 3.04. The summed E-state index contributed by atoms with van der Waals surface area (Å²) in [5.74, 6) is -0.145. The topological polar surface area (TPSA) is 115 Å². The van der Waals surface area contributed by atoms with Crippen molar-refractivity contribution >= 4 is 29.0 Å². The van der Waals surface area contributed by atoms with Gasteiger partial charge in [0.05, 0.1) is 24.5 Å². The molecule has 2 amide bonds. The van der Waals surface area contributed by atoms with Gasteiger partial charge in [-0.3, -0.25) is 14.4 Å². The van der Waals surface area contributed by atoms with Gasteiger partial charge in [0, 0.05) is 61.5 Å². The highest BCUT2D eigenvalue weighted by atomic mass is 16.5. The summed E-state index contributed by atoms with van der Waals surface area (Å²) >= 11 is 0. The van der Waals surface area contributed by atoms with Crippen molar-refractivity contribution in [2.45, 2.75) is 26.4 Å². The van der Waals surface area contributed by atoms with Gasteiger partial charge in [-0.2, -0.15) is 0 Å². The molecule has 0 spiro atoms. The van der Waals surface area contributed by atoms with Crippen molar-refractivity contribution in [3.63, 3.8) is 0 Å². The monoisotopic (exact) mass is 595 g/mol. The normalized spacial score (nSPS) is 13.4. The predicted octanol–water partition coefficient (Wildman–Crippen LogP) is 5.11. The lowest BCUT2D eigenvalue weighted by Crippen LogP contribution is -2.40. The van der Waals surface area contributed by atoms with E-state index in [-0.39, 0.29) is 23.2 Å². The van der Waals surface area contributed by atoms with Crippen LogP contribution in [0, 0.1) is 6.92 Å². The Kier molecular flexibility index (Phi) is 8.93. The van der Waals surface area contributed by atoms with Crippen LogP contribution in [0.5, 0.6) is 0 Å². The van der Waals surface area contributed by atoms with E-state index < -0.39 is 5.60 Å². The van der Waals surface area contributed by atoms with Crippen LogP contribution in [0.1, 0.15) is 45.7 Å². The van der Waals surface area contributed by atoms with Crippen LogP contribution in [0.4, 0.5) is 17.2 Å². The van der Waals surface area contributed by atoms with Crippen LogP contribution in [0.15, 0.2) is 77.7 Å². The molecule has 0 atom stereocenters. The zero-order valence-electron chi connectivity index (χ0n) is 25.6. The Morgan fingerprint density at radius 1 is 0.955 bits per heavy atom. The summed E-state index contributed by atoms with van der Waals surface area (Å²) in [6, 6.07) is 19.9. The van der Waals surface area contributed by atoms with Gasteiger partial charge in [0.2, 0.25) is 0 Å². The van der Waals surface area contributed by atoms with Crippen LogP contribution >= 0.6 is 0 Å². The Hall–Kier alpha value is -4.80. The summed E-state index contributed by atoms with van der Waals surface area (Å²) in [7, 11) is 3.32. The summed E-state index contributed by atoms with van der Waals surface area (Å²) < 4.78 is 12.3. The summed E-state index contributed by atoms with van der Waals surface area (Å²) in [4.78, 5) is 45.3. The number of carbonyl (C=O) groups is 2. The molecule has 0 bridgehead atoms. The predicted molar refractivity (Wildman–Crippen MR) is 171 cm³/mol. The maximum absolute atomic E-state index is 13.1. The lowest BCUT2D eigenvalue weighted by Gasteiger charge is -2.26. The molecule has 1 aliphatic rings. The Bertz CT molecular complexity index is 1720. The summed E-state index contributed by atoms with van der Waals surface area (Å²) in [6.07, 6.45) is 1.67. The highest BCUT2D eigenvalue weighted by Crippen LogP contribution is 2.29. The van der Waals surface area contributed by atoms with Crippen LogP contribution in [0.2, 0.25) is 0 Å². The standard InChI is InChI=1S/C34H37N5O5/c1-22-27(7-6-8-28(22)37-31(40)23-9-13-25(14-10-23)34(2,3)43-5)29-21-38(4)33(42)30(36-29)35-26-15-11-24(12-16-26)32(41)39-17-19-44-20-18-39/h6-16,21H,17-20H2,1-5H3,(H,35,36)(H,37,40). The van der Waals surface area contributed by atoms with Crippen molar-refractivity contribution in [1.29, 1.82) is 0 Å². The maximum atomic E-state index is 13.1. The summed E-state index contributed by atoms with van der Waals surface area (Å²) in [6.45, 7) is 8.04. The number of nitrogens with one attached hydrogen (secondary N) is 2. The van der Waals surface area contributed by atoms with Gasteiger partial charge in [-0.25, -0.2) is 4.98 Å². The number of hydrogen-bond acceptors (Lipinski definition) is 7. The van der Waals surface area contributed by atoms with Gasteiger partial charge in [-0.15, -0.1) is 0 Å². The van der Waals surface area contributed by atoms with Gasteiger partial charge in [-0.05, 0) is 74.4 Å². The molecule has 1 aliphatic heterocycles. The SMILES string of the molecule is COC(C)(C)c1ccc(C(=O)Nc2cccc(-c3cn(C)c(=O)c(Nc4ccc(C(=O)N5CCOCC5)cc4)n3)c2C)cc1. The fourth-order valence-corrected chi connectivity index (χ4v) is 4.98. The second-order valence-corrected chi connectivity index (χ2v) is 11.2. The molecular weight excluding hydrogens is 558 g/mol. The summed E-state index contributed by atoms with van der Waals surface area (Å²) in [5.41, 5.74) is 4.71. The molecular formula is C34H37N5O5. The van der Waals surface area contributed by atoms with Crippen molar-refractivity contribution < 1.29 is 19.1 Å². The molecule has 1 fully saturated rings. The van der Waals surface area contributed by atoms with Crippen LogP contribution in [0.25, 0.3) is 11.3 Å². The molecule has 2 N–H and O–H groups in total. The van der Waals surface area contributed by atoms with E-state index in [0.717, 1.165) is 16.7 Å². The summed E-state index contributed by atoms with van der Waals surface area (Å²) in [5, 5.41) is 6.12. The molecule has 1 saturated heterocycles. The highest BCUT2D eigenvalue weighted by molar-refractivity contribution is 6.05. The van der Waals surface area contributed by atoms with E-state index in [2.05, 4.69) is 15.6 Å². The minimum atomic E-state index is -0.456. The molecule has 3 aromatic carbocycles. The fourth-order valence-electron chi connectivity index (χ4n) is 4.98. The molecule has 0 saturated carbocycles. The van der Waals surface area contributed by atoms with Crippen LogP contribution < -0.4 is 16.2 Å². The first-order valence-corrected chi connectivity index (χ1v) is 14.5.